The number of nitrogens with zero attached hydrogens (tertiary/aromatic N) is 1. The molecule has 38 heavy (non-hydrogen) atoms. The summed E-state index contributed by atoms with van der Waals surface area (Å²) in [5, 5.41) is 15.7. The molecule has 0 aromatic carbocycles. The summed E-state index contributed by atoms with van der Waals surface area (Å²) in [6, 6.07) is 2.24. The number of likely N-dealkylation sites (tertiary alicyclic amines) is 1. The standard InChI is InChI=1S/C29H43NOS.C2H2O4/c1-28-12-9-23(32-18-16-30-14-3-4-15-30)19-22(28)5-6-24-26-8-7-25(21-11-17-31-20-21)29(26,2)13-10-27(24)28;3-1(4)2(5)6/h5,11,17,20,23-27H,3-4,6-10,12-16,18-19H2,1-2H3;(H,3,4)(H,5,6)/t23-,24-,25+,26-,27-,28-,29+;/m0./s1. The van der Waals surface area contributed by atoms with Crippen LogP contribution in [0.5, 0.6) is 0 Å². The predicted octanol–water partition coefficient (Wildman–Crippen LogP) is 6.68. The number of furan rings is 1. The summed E-state index contributed by atoms with van der Waals surface area (Å²) in [6.07, 6.45) is 20.8. The molecule has 2 N–H and O–H groups in total. The maximum Gasteiger partial charge on any atom is 0.414 e. The smallest absolute Gasteiger partial charge is 0.414 e. The maximum atomic E-state index is 9.10. The van der Waals surface area contributed by atoms with Gasteiger partial charge in [-0.1, -0.05) is 25.5 Å². The fraction of sp³-hybridized carbons (Fsp3) is 0.742. The van der Waals surface area contributed by atoms with Crippen molar-refractivity contribution in [3.05, 3.63) is 35.8 Å². The molecule has 1 aromatic rings. The minimum Gasteiger partial charge on any atom is -0.473 e. The lowest BCUT2D eigenvalue weighted by Gasteiger charge is -2.58. The molecule has 4 aliphatic carbocycles. The van der Waals surface area contributed by atoms with Crippen LogP contribution in [0.15, 0.2) is 34.7 Å². The van der Waals surface area contributed by atoms with Crippen LogP contribution < -0.4 is 0 Å². The van der Waals surface area contributed by atoms with Crippen molar-refractivity contribution in [2.45, 2.75) is 89.2 Å². The number of aliphatic carboxylic acids is 2. The summed E-state index contributed by atoms with van der Waals surface area (Å²) in [6.45, 7) is 9.32. The number of allylic oxidation sites excluding steroid dienone is 2. The first-order chi connectivity index (χ1) is 18.2. The maximum absolute atomic E-state index is 9.10. The van der Waals surface area contributed by atoms with E-state index in [4.69, 9.17) is 24.2 Å². The van der Waals surface area contributed by atoms with Crippen LogP contribution >= 0.6 is 11.8 Å². The lowest BCUT2D eigenvalue weighted by Crippen LogP contribution is -2.50. The van der Waals surface area contributed by atoms with Crippen molar-refractivity contribution in [1.29, 1.82) is 0 Å². The summed E-state index contributed by atoms with van der Waals surface area (Å²) in [5.74, 6) is 1.16. The zero-order valence-electron chi connectivity index (χ0n) is 23.1. The molecular weight excluding hydrogens is 498 g/mol. The highest BCUT2D eigenvalue weighted by Gasteiger charge is 2.58. The first kappa shape index (κ1) is 27.8. The number of fused-ring (bicyclic) bond motifs is 5. The molecule has 7 atom stereocenters. The van der Waals surface area contributed by atoms with Gasteiger partial charge in [-0.15, -0.1) is 0 Å². The van der Waals surface area contributed by atoms with Gasteiger partial charge in [0.25, 0.3) is 0 Å². The minimum absolute atomic E-state index is 0.482. The molecule has 6 rings (SSSR count). The monoisotopic (exact) mass is 543 g/mol. The SMILES string of the molecule is C[C@]12CC[C@H]3[C@@H](CC=C4C[C@@H](SCCN5CCCC5)CC[C@@]43C)[C@@H]1CC[C@@H]2c1ccoc1.O=C(O)C(=O)O. The second-order valence-electron chi connectivity index (χ2n) is 12.9. The zero-order valence-corrected chi connectivity index (χ0v) is 23.9. The average molecular weight is 544 g/mol. The molecule has 0 unspecified atom stereocenters. The molecule has 4 fully saturated rings. The summed E-state index contributed by atoms with van der Waals surface area (Å²) < 4.78 is 5.50. The minimum atomic E-state index is -1.82. The van der Waals surface area contributed by atoms with Gasteiger partial charge in [0.15, 0.2) is 0 Å². The van der Waals surface area contributed by atoms with Gasteiger partial charge in [-0.25, -0.2) is 9.59 Å². The molecule has 6 nitrogen and oxygen atoms in total. The fourth-order valence-electron chi connectivity index (χ4n) is 9.15. The summed E-state index contributed by atoms with van der Waals surface area (Å²) >= 11 is 2.29. The van der Waals surface area contributed by atoms with E-state index in [0.717, 1.165) is 23.0 Å². The number of thioether (sulfide) groups is 1. The lowest BCUT2D eigenvalue weighted by atomic mass is 9.47. The van der Waals surface area contributed by atoms with Gasteiger partial charge in [-0.05, 0) is 123 Å². The Labute approximate surface area is 231 Å². The molecular formula is C31H45NO5S. The molecule has 1 aliphatic heterocycles. The quantitative estimate of drug-likeness (QED) is 0.316. The van der Waals surface area contributed by atoms with Gasteiger partial charge in [0.2, 0.25) is 0 Å². The van der Waals surface area contributed by atoms with Crippen LogP contribution in [0.4, 0.5) is 0 Å². The molecule has 1 saturated heterocycles. The molecule has 5 aliphatic rings. The molecule has 0 amide bonds. The van der Waals surface area contributed by atoms with Crippen LogP contribution in [0.1, 0.15) is 89.5 Å². The molecule has 3 saturated carbocycles. The Hall–Kier alpha value is -1.73. The van der Waals surface area contributed by atoms with E-state index < -0.39 is 11.9 Å². The molecule has 0 spiro atoms. The summed E-state index contributed by atoms with van der Waals surface area (Å²) in [7, 11) is 0. The number of rotatable bonds is 5. The third-order valence-corrected chi connectivity index (χ3v) is 12.4. The second kappa shape index (κ2) is 11.4. The van der Waals surface area contributed by atoms with Gasteiger partial charge in [-0.2, -0.15) is 11.8 Å². The van der Waals surface area contributed by atoms with Gasteiger partial charge < -0.3 is 19.5 Å². The number of hydrogen-bond donors (Lipinski definition) is 2. The van der Waals surface area contributed by atoms with Crippen LogP contribution in [-0.4, -0.2) is 57.7 Å². The third kappa shape index (κ3) is 5.34. The van der Waals surface area contributed by atoms with E-state index in [1.165, 1.54) is 95.2 Å². The summed E-state index contributed by atoms with van der Waals surface area (Å²) in [4.78, 5) is 20.9. The van der Waals surface area contributed by atoms with Gasteiger partial charge >= 0.3 is 11.9 Å². The molecule has 7 heteroatoms. The number of carboxylic acids is 2. The molecule has 0 radical (unpaired) electrons. The first-order valence-corrected chi connectivity index (χ1v) is 15.8. The predicted molar refractivity (Wildman–Crippen MR) is 150 cm³/mol. The third-order valence-electron chi connectivity index (χ3n) is 11.1. The Morgan fingerprint density at radius 3 is 2.50 bits per heavy atom. The van der Waals surface area contributed by atoms with Crippen LogP contribution in [0.2, 0.25) is 0 Å². The summed E-state index contributed by atoms with van der Waals surface area (Å²) in [5.41, 5.74) is 4.30. The Morgan fingerprint density at radius 1 is 1.05 bits per heavy atom. The first-order valence-electron chi connectivity index (χ1n) is 14.7. The number of hydrogen-bond acceptors (Lipinski definition) is 5. The van der Waals surface area contributed by atoms with Crippen LogP contribution in [0.3, 0.4) is 0 Å². The van der Waals surface area contributed by atoms with E-state index in [1.54, 1.807) is 0 Å². The zero-order chi connectivity index (χ0) is 26.9. The Morgan fingerprint density at radius 2 is 1.82 bits per heavy atom. The molecule has 0 bridgehead atoms. The van der Waals surface area contributed by atoms with E-state index in [0.29, 0.717) is 16.7 Å². The highest BCUT2D eigenvalue weighted by atomic mass is 32.2. The molecule has 1 aromatic heterocycles. The van der Waals surface area contributed by atoms with Crippen molar-refractivity contribution in [1.82, 2.24) is 4.90 Å². The van der Waals surface area contributed by atoms with E-state index in [-0.39, 0.29) is 0 Å². The Balaban J connectivity index is 0.000000443. The van der Waals surface area contributed by atoms with Crippen molar-refractivity contribution < 1.29 is 24.2 Å². The van der Waals surface area contributed by atoms with Crippen molar-refractivity contribution in [2.75, 3.05) is 25.4 Å². The normalized spacial score (nSPS) is 38.3. The van der Waals surface area contributed by atoms with Crippen LogP contribution in [0.25, 0.3) is 0 Å². The second-order valence-corrected chi connectivity index (χ2v) is 14.3. The van der Waals surface area contributed by atoms with E-state index in [2.05, 4.69) is 42.7 Å². The Bertz CT molecular complexity index is 1010. The van der Waals surface area contributed by atoms with Gasteiger partial charge in [-0.3, -0.25) is 0 Å². The van der Waals surface area contributed by atoms with Crippen molar-refractivity contribution in [3.63, 3.8) is 0 Å². The average Bonchev–Trinajstić information content (AvgIpc) is 3.65. The fourth-order valence-corrected chi connectivity index (χ4v) is 10.4. The number of carbonyl (C=O) groups is 2. The topological polar surface area (TPSA) is 91.0 Å². The molecule has 2 heterocycles. The van der Waals surface area contributed by atoms with Crippen LogP contribution in [0, 0.1) is 28.6 Å². The van der Waals surface area contributed by atoms with Crippen molar-refractivity contribution >= 4 is 23.7 Å². The largest absolute Gasteiger partial charge is 0.473 e. The highest BCUT2D eigenvalue weighted by Crippen LogP contribution is 2.68. The van der Waals surface area contributed by atoms with Crippen molar-refractivity contribution in [2.24, 2.45) is 28.6 Å². The lowest BCUT2D eigenvalue weighted by molar-refractivity contribution is -0.159. The molecule has 210 valence electrons. The number of carboxylic acid groups (broad SMARTS) is 2. The van der Waals surface area contributed by atoms with Gasteiger partial charge in [0.1, 0.15) is 0 Å². The van der Waals surface area contributed by atoms with E-state index in [1.807, 2.05) is 18.1 Å². The van der Waals surface area contributed by atoms with Gasteiger partial charge in [0, 0.05) is 17.5 Å². The highest BCUT2D eigenvalue weighted by molar-refractivity contribution is 7.99. The van der Waals surface area contributed by atoms with Crippen LogP contribution in [-0.2, 0) is 9.59 Å². The van der Waals surface area contributed by atoms with Gasteiger partial charge in [0.05, 0.1) is 12.5 Å². The van der Waals surface area contributed by atoms with Crippen molar-refractivity contribution in [3.8, 4) is 0 Å². The van der Waals surface area contributed by atoms with E-state index >= 15 is 0 Å². The Kier molecular flexibility index (Phi) is 8.35. The van der Waals surface area contributed by atoms with E-state index in [9.17, 15) is 0 Å².